The third-order valence-electron chi connectivity index (χ3n) is 3.37. The molecule has 0 radical (unpaired) electrons. The number of esters is 1. The second kappa shape index (κ2) is 5.77. The van der Waals surface area contributed by atoms with Crippen molar-refractivity contribution in [3.8, 4) is 0 Å². The highest BCUT2D eigenvalue weighted by molar-refractivity contribution is 5.72. The van der Waals surface area contributed by atoms with Crippen molar-refractivity contribution in [3.05, 3.63) is 46.8 Å². The number of carbonyl (C=O) groups excluding carboxylic acids is 1. The van der Waals surface area contributed by atoms with Crippen molar-refractivity contribution < 1.29 is 9.53 Å². The van der Waals surface area contributed by atoms with Crippen LogP contribution < -0.4 is 5.73 Å². The van der Waals surface area contributed by atoms with Crippen LogP contribution in [0.1, 0.15) is 22.5 Å². The predicted octanol–water partition coefficient (Wildman–Crippen LogP) is 1.85. The first-order valence-electron chi connectivity index (χ1n) is 6.45. The molecule has 106 valence electrons. The van der Waals surface area contributed by atoms with E-state index in [0.717, 1.165) is 28.2 Å². The Labute approximate surface area is 118 Å². The van der Waals surface area contributed by atoms with Crippen LogP contribution in [0, 0.1) is 13.8 Å². The Morgan fingerprint density at radius 1 is 1.25 bits per heavy atom. The van der Waals surface area contributed by atoms with Gasteiger partial charge in [0.2, 0.25) is 0 Å². The molecule has 0 spiro atoms. The van der Waals surface area contributed by atoms with E-state index in [1.165, 1.54) is 7.11 Å². The summed E-state index contributed by atoms with van der Waals surface area (Å²) >= 11 is 0. The summed E-state index contributed by atoms with van der Waals surface area (Å²) in [6.07, 6.45) is 0.295. The number of anilines is 1. The number of nitrogens with two attached hydrogens (primary N) is 1. The molecule has 0 aliphatic rings. The Morgan fingerprint density at radius 2 is 1.85 bits per heavy atom. The van der Waals surface area contributed by atoms with Crippen molar-refractivity contribution in [2.75, 3.05) is 12.8 Å². The first kappa shape index (κ1) is 14.1. The third-order valence-corrected chi connectivity index (χ3v) is 3.37. The number of ether oxygens (including phenoxy) is 1. The summed E-state index contributed by atoms with van der Waals surface area (Å²) in [7, 11) is 1.39. The quantitative estimate of drug-likeness (QED) is 0.863. The van der Waals surface area contributed by atoms with Crippen molar-refractivity contribution in [3.63, 3.8) is 0 Å². The van der Waals surface area contributed by atoms with Crippen LogP contribution in [0.4, 0.5) is 5.69 Å². The molecule has 0 bridgehead atoms. The SMILES string of the molecule is COC(=O)Cc1ccc(Cn2nc(C)c(N)c2C)cc1. The number of methoxy groups -OCH3 is 1. The van der Waals surface area contributed by atoms with E-state index in [1.54, 1.807) is 0 Å². The first-order valence-corrected chi connectivity index (χ1v) is 6.45. The Bertz CT molecular complexity index is 615. The van der Waals surface area contributed by atoms with E-state index in [0.29, 0.717) is 13.0 Å². The largest absolute Gasteiger partial charge is 0.469 e. The standard InChI is InChI=1S/C15H19N3O2/c1-10-15(16)11(2)18(17-10)9-13-6-4-12(5-7-13)8-14(19)20-3/h4-7H,8-9,16H2,1-3H3. The minimum absolute atomic E-state index is 0.232. The van der Waals surface area contributed by atoms with Crippen molar-refractivity contribution in [1.29, 1.82) is 0 Å². The van der Waals surface area contributed by atoms with Gasteiger partial charge in [0.05, 0.1) is 37.2 Å². The number of rotatable bonds is 4. The Hall–Kier alpha value is -2.30. The van der Waals surface area contributed by atoms with Gasteiger partial charge in [-0.15, -0.1) is 0 Å². The van der Waals surface area contributed by atoms with E-state index >= 15 is 0 Å². The van der Waals surface area contributed by atoms with Crippen LogP contribution in [0.15, 0.2) is 24.3 Å². The zero-order valence-corrected chi connectivity index (χ0v) is 12.0. The lowest BCUT2D eigenvalue weighted by atomic mass is 10.1. The summed E-state index contributed by atoms with van der Waals surface area (Å²) in [5.41, 5.74) is 10.5. The molecule has 0 atom stereocenters. The van der Waals surface area contributed by atoms with Gasteiger partial charge >= 0.3 is 5.97 Å². The van der Waals surface area contributed by atoms with E-state index in [-0.39, 0.29) is 5.97 Å². The average molecular weight is 273 g/mol. The van der Waals surface area contributed by atoms with Gasteiger partial charge < -0.3 is 10.5 Å². The predicted molar refractivity (Wildman–Crippen MR) is 77.4 cm³/mol. The van der Waals surface area contributed by atoms with Crippen LogP contribution in [-0.2, 0) is 22.5 Å². The molecule has 1 heterocycles. The van der Waals surface area contributed by atoms with Gasteiger partial charge in [0.25, 0.3) is 0 Å². The molecule has 20 heavy (non-hydrogen) atoms. The van der Waals surface area contributed by atoms with Gasteiger partial charge in [-0.1, -0.05) is 24.3 Å². The molecule has 1 aromatic carbocycles. The molecule has 1 aromatic heterocycles. The summed E-state index contributed by atoms with van der Waals surface area (Å²) in [6, 6.07) is 7.85. The Morgan fingerprint density at radius 3 is 2.35 bits per heavy atom. The lowest BCUT2D eigenvalue weighted by Crippen LogP contribution is -2.06. The van der Waals surface area contributed by atoms with Crippen LogP contribution in [0.2, 0.25) is 0 Å². The topological polar surface area (TPSA) is 70.1 Å². The minimum Gasteiger partial charge on any atom is -0.469 e. The number of aromatic nitrogens is 2. The van der Waals surface area contributed by atoms with Gasteiger partial charge in [0, 0.05) is 0 Å². The number of benzene rings is 1. The zero-order chi connectivity index (χ0) is 14.7. The van der Waals surface area contributed by atoms with Crippen molar-refractivity contribution >= 4 is 11.7 Å². The molecule has 0 amide bonds. The molecule has 2 N–H and O–H groups in total. The zero-order valence-electron chi connectivity index (χ0n) is 12.0. The van der Waals surface area contributed by atoms with E-state index in [4.69, 9.17) is 5.73 Å². The van der Waals surface area contributed by atoms with E-state index in [2.05, 4.69) is 9.84 Å². The molecule has 0 aliphatic heterocycles. The van der Waals surface area contributed by atoms with Gasteiger partial charge in [-0.2, -0.15) is 5.10 Å². The van der Waals surface area contributed by atoms with Crippen molar-refractivity contribution in [1.82, 2.24) is 9.78 Å². The van der Waals surface area contributed by atoms with Gasteiger partial charge in [-0.05, 0) is 25.0 Å². The van der Waals surface area contributed by atoms with Crippen LogP contribution in [0.25, 0.3) is 0 Å². The second-order valence-corrected chi connectivity index (χ2v) is 4.81. The highest BCUT2D eigenvalue weighted by Gasteiger charge is 2.08. The number of carbonyl (C=O) groups is 1. The van der Waals surface area contributed by atoms with Crippen molar-refractivity contribution in [2.24, 2.45) is 0 Å². The normalized spacial score (nSPS) is 10.6. The number of hydrogen-bond acceptors (Lipinski definition) is 4. The average Bonchev–Trinajstić information content (AvgIpc) is 2.68. The van der Waals surface area contributed by atoms with Gasteiger partial charge in [0.15, 0.2) is 0 Å². The molecule has 2 aromatic rings. The maximum Gasteiger partial charge on any atom is 0.309 e. The van der Waals surface area contributed by atoms with Crippen molar-refractivity contribution in [2.45, 2.75) is 26.8 Å². The van der Waals surface area contributed by atoms with Crippen LogP contribution >= 0.6 is 0 Å². The molecule has 0 aliphatic carbocycles. The fourth-order valence-electron chi connectivity index (χ4n) is 2.04. The van der Waals surface area contributed by atoms with Gasteiger partial charge in [-0.3, -0.25) is 9.48 Å². The van der Waals surface area contributed by atoms with Crippen LogP contribution in [0.5, 0.6) is 0 Å². The summed E-state index contributed by atoms with van der Waals surface area (Å²) in [4.78, 5) is 11.2. The summed E-state index contributed by atoms with van der Waals surface area (Å²) in [5.74, 6) is -0.232. The van der Waals surface area contributed by atoms with E-state index < -0.39 is 0 Å². The Kier molecular flexibility index (Phi) is 4.08. The lowest BCUT2D eigenvalue weighted by Gasteiger charge is -2.06. The van der Waals surface area contributed by atoms with E-state index in [1.807, 2.05) is 42.8 Å². The molecule has 0 fully saturated rings. The Balaban J connectivity index is 2.10. The first-order chi connectivity index (χ1) is 9.51. The smallest absolute Gasteiger partial charge is 0.309 e. The fourth-order valence-corrected chi connectivity index (χ4v) is 2.04. The maximum atomic E-state index is 11.2. The van der Waals surface area contributed by atoms with Gasteiger partial charge in [-0.25, -0.2) is 0 Å². The maximum absolute atomic E-state index is 11.2. The molecule has 0 saturated heterocycles. The molecular weight excluding hydrogens is 254 g/mol. The highest BCUT2D eigenvalue weighted by atomic mass is 16.5. The molecule has 0 unspecified atom stereocenters. The lowest BCUT2D eigenvalue weighted by molar-refractivity contribution is -0.139. The summed E-state index contributed by atoms with van der Waals surface area (Å²) in [5, 5.41) is 4.41. The van der Waals surface area contributed by atoms with Crippen LogP contribution in [-0.4, -0.2) is 22.9 Å². The fraction of sp³-hybridized carbons (Fsp3) is 0.333. The molecule has 5 nitrogen and oxygen atoms in total. The monoisotopic (exact) mass is 273 g/mol. The molecule has 5 heteroatoms. The number of nitrogen functional groups attached to an aromatic ring is 1. The second-order valence-electron chi connectivity index (χ2n) is 4.81. The van der Waals surface area contributed by atoms with Crippen LogP contribution in [0.3, 0.4) is 0 Å². The number of aryl methyl sites for hydroxylation is 1. The van der Waals surface area contributed by atoms with E-state index in [9.17, 15) is 4.79 Å². The van der Waals surface area contributed by atoms with Gasteiger partial charge in [0.1, 0.15) is 0 Å². The minimum atomic E-state index is -0.232. The number of nitrogens with zero attached hydrogens (tertiary/aromatic N) is 2. The summed E-state index contributed by atoms with van der Waals surface area (Å²) < 4.78 is 6.53. The number of hydrogen-bond donors (Lipinski definition) is 1. The molecule has 2 rings (SSSR count). The highest BCUT2D eigenvalue weighted by Crippen LogP contribution is 2.16. The molecule has 0 saturated carbocycles. The summed E-state index contributed by atoms with van der Waals surface area (Å²) in [6.45, 7) is 4.53. The third kappa shape index (κ3) is 2.99. The molecular formula is C15H19N3O2.